The maximum absolute atomic E-state index is 12.4. The van der Waals surface area contributed by atoms with Crippen molar-refractivity contribution in [1.82, 2.24) is 20.1 Å². The highest BCUT2D eigenvalue weighted by Crippen LogP contribution is 2.18. The Balaban J connectivity index is 1.74. The van der Waals surface area contributed by atoms with E-state index < -0.39 is 10.0 Å². The molecule has 0 amide bonds. The minimum Gasteiger partial charge on any atom is -0.211 e. The fourth-order valence-electron chi connectivity index (χ4n) is 2.60. The van der Waals surface area contributed by atoms with E-state index in [0.717, 1.165) is 12.8 Å². The van der Waals surface area contributed by atoms with Crippen LogP contribution in [0.1, 0.15) is 58.3 Å². The van der Waals surface area contributed by atoms with E-state index >= 15 is 0 Å². The quantitative estimate of drug-likeness (QED) is 0.615. The average Bonchev–Trinajstić information content (AvgIpc) is 3.01. The van der Waals surface area contributed by atoms with Gasteiger partial charge in [-0.25, -0.2) is 13.1 Å². The molecule has 0 radical (unpaired) electrons. The number of hydrogen-bond donors (Lipinski definition) is 2. The highest BCUT2D eigenvalue weighted by Gasteiger charge is 2.18. The molecule has 0 atom stereocenters. The molecule has 1 aromatic heterocycles. The molecule has 7 heteroatoms. The molecule has 2 aromatic rings. The second-order valence-corrected chi connectivity index (χ2v) is 7.56. The topological polar surface area (TPSA) is 87.7 Å². The normalized spacial score (nSPS) is 12.0. The summed E-state index contributed by atoms with van der Waals surface area (Å²) in [6.45, 7) is 2.68. The molecule has 0 bridgehead atoms. The maximum Gasteiger partial charge on any atom is 0.242 e. The van der Waals surface area contributed by atoms with E-state index in [9.17, 15) is 8.42 Å². The Hall–Kier alpha value is -1.47. The number of aromatic nitrogens is 3. The van der Waals surface area contributed by atoms with Crippen molar-refractivity contribution >= 4 is 21.1 Å². The minimum absolute atomic E-state index is 0.184. The van der Waals surface area contributed by atoms with Gasteiger partial charge in [-0.2, -0.15) is 15.4 Å². The van der Waals surface area contributed by atoms with Crippen LogP contribution in [-0.2, 0) is 10.0 Å². The molecule has 2 N–H and O–H groups in total. The number of hydrogen-bond acceptors (Lipinski definition) is 4. The number of sulfonamides is 1. The fourth-order valence-corrected chi connectivity index (χ4v) is 3.83. The summed E-state index contributed by atoms with van der Waals surface area (Å²) in [4.78, 5) is 0.184. The van der Waals surface area contributed by atoms with Crippen LogP contribution in [0, 0.1) is 0 Å². The van der Waals surface area contributed by atoms with Gasteiger partial charge < -0.3 is 0 Å². The first-order chi connectivity index (χ1) is 11.1. The van der Waals surface area contributed by atoms with E-state index in [4.69, 9.17) is 0 Å². The summed E-state index contributed by atoms with van der Waals surface area (Å²) in [6, 6.07) is 4.97. The molecule has 0 aliphatic rings. The molecule has 0 spiro atoms. The Bertz CT molecular complexity index is 697. The summed E-state index contributed by atoms with van der Waals surface area (Å²) in [5, 5.41) is 10.3. The van der Waals surface area contributed by atoms with Crippen molar-refractivity contribution < 1.29 is 8.42 Å². The molecular formula is C16H26N4O2S. The van der Waals surface area contributed by atoms with Crippen molar-refractivity contribution in [3.05, 3.63) is 18.2 Å². The van der Waals surface area contributed by atoms with Crippen molar-refractivity contribution in [2.45, 2.75) is 63.2 Å². The van der Waals surface area contributed by atoms with Gasteiger partial charge in [0.15, 0.2) is 0 Å². The van der Waals surface area contributed by atoms with Crippen molar-refractivity contribution in [3.8, 4) is 0 Å². The zero-order valence-corrected chi connectivity index (χ0v) is 14.5. The van der Waals surface area contributed by atoms with Crippen LogP contribution in [0.25, 0.3) is 11.0 Å². The van der Waals surface area contributed by atoms with Gasteiger partial charge in [0.25, 0.3) is 0 Å². The predicted molar refractivity (Wildman–Crippen MR) is 91.7 cm³/mol. The number of nitrogens with one attached hydrogen (secondary N) is 2. The van der Waals surface area contributed by atoms with Crippen LogP contribution in [0.15, 0.2) is 23.1 Å². The SMILES string of the molecule is CCCCCCCCCCNS(=O)(=O)c1cccc2n[nH]nc12. The molecule has 0 saturated heterocycles. The second kappa shape index (κ2) is 8.98. The zero-order valence-electron chi connectivity index (χ0n) is 13.7. The van der Waals surface area contributed by atoms with Gasteiger partial charge in [0.1, 0.15) is 15.9 Å². The molecule has 0 saturated carbocycles. The van der Waals surface area contributed by atoms with Crippen LogP contribution >= 0.6 is 0 Å². The van der Waals surface area contributed by atoms with E-state index in [-0.39, 0.29) is 4.90 Å². The van der Waals surface area contributed by atoms with Crippen LogP contribution < -0.4 is 4.72 Å². The smallest absolute Gasteiger partial charge is 0.211 e. The Morgan fingerprint density at radius 3 is 2.43 bits per heavy atom. The number of nitrogens with zero attached hydrogens (tertiary/aromatic N) is 2. The van der Waals surface area contributed by atoms with Gasteiger partial charge >= 0.3 is 0 Å². The van der Waals surface area contributed by atoms with Crippen LogP contribution in [0.2, 0.25) is 0 Å². The van der Waals surface area contributed by atoms with Gasteiger partial charge in [-0.15, -0.1) is 0 Å². The second-order valence-electron chi connectivity index (χ2n) is 5.82. The molecule has 1 aromatic carbocycles. The highest BCUT2D eigenvalue weighted by atomic mass is 32.2. The summed E-state index contributed by atoms with van der Waals surface area (Å²) in [5.41, 5.74) is 0.941. The van der Waals surface area contributed by atoms with Crippen LogP contribution in [0.4, 0.5) is 0 Å². The summed E-state index contributed by atoms with van der Waals surface area (Å²) in [7, 11) is -3.53. The van der Waals surface area contributed by atoms with E-state index in [1.54, 1.807) is 18.2 Å². The number of para-hydroxylation sites is 1. The Kier molecular flexibility index (Phi) is 6.98. The molecule has 0 aliphatic heterocycles. The lowest BCUT2D eigenvalue weighted by molar-refractivity contribution is 0.559. The van der Waals surface area contributed by atoms with Crippen molar-refractivity contribution in [2.75, 3.05) is 6.54 Å². The van der Waals surface area contributed by atoms with Gasteiger partial charge in [0, 0.05) is 6.54 Å². The molecule has 23 heavy (non-hydrogen) atoms. The third kappa shape index (κ3) is 5.28. The molecule has 128 valence electrons. The first-order valence-corrected chi connectivity index (χ1v) is 9.92. The van der Waals surface area contributed by atoms with Crippen molar-refractivity contribution in [2.24, 2.45) is 0 Å². The molecule has 2 rings (SSSR count). The standard InChI is InChI=1S/C16H26N4O2S/c1-2-3-4-5-6-7-8-9-13-17-23(21,22)15-12-10-11-14-16(15)19-20-18-14/h10-12,17H,2-9,13H2,1H3,(H,18,19,20). The number of unbranched alkanes of at least 4 members (excludes halogenated alkanes) is 7. The first-order valence-electron chi connectivity index (χ1n) is 8.44. The number of H-pyrrole nitrogens is 1. The third-order valence-corrected chi connectivity index (χ3v) is 5.41. The monoisotopic (exact) mass is 338 g/mol. The van der Waals surface area contributed by atoms with Gasteiger partial charge in [-0.1, -0.05) is 57.9 Å². The maximum atomic E-state index is 12.4. The van der Waals surface area contributed by atoms with Crippen molar-refractivity contribution in [1.29, 1.82) is 0 Å². The van der Waals surface area contributed by atoms with Crippen molar-refractivity contribution in [3.63, 3.8) is 0 Å². The Morgan fingerprint density at radius 2 is 1.70 bits per heavy atom. The van der Waals surface area contributed by atoms with Gasteiger partial charge in [-0.3, -0.25) is 0 Å². The highest BCUT2D eigenvalue weighted by molar-refractivity contribution is 7.89. The number of fused-ring (bicyclic) bond motifs is 1. The summed E-state index contributed by atoms with van der Waals surface area (Å²) < 4.78 is 27.4. The Labute approximate surface area is 138 Å². The summed E-state index contributed by atoms with van der Waals surface area (Å²) >= 11 is 0. The number of rotatable bonds is 11. The third-order valence-electron chi connectivity index (χ3n) is 3.92. The molecule has 0 fully saturated rings. The Morgan fingerprint density at radius 1 is 1.00 bits per heavy atom. The summed E-state index contributed by atoms with van der Waals surface area (Å²) in [6.07, 6.45) is 9.51. The van der Waals surface area contributed by atoms with Gasteiger partial charge in [0.05, 0.1) is 0 Å². The average molecular weight is 338 g/mol. The van der Waals surface area contributed by atoms with Crippen LogP contribution in [0.3, 0.4) is 0 Å². The summed E-state index contributed by atoms with van der Waals surface area (Å²) in [5.74, 6) is 0. The number of benzene rings is 1. The van der Waals surface area contributed by atoms with E-state index in [0.29, 0.717) is 17.6 Å². The molecule has 6 nitrogen and oxygen atoms in total. The zero-order chi connectivity index (χ0) is 16.5. The molecule has 0 aliphatic carbocycles. The largest absolute Gasteiger partial charge is 0.242 e. The van der Waals surface area contributed by atoms with Crippen LogP contribution in [0.5, 0.6) is 0 Å². The fraction of sp³-hybridized carbons (Fsp3) is 0.625. The van der Waals surface area contributed by atoms with Crippen LogP contribution in [-0.4, -0.2) is 30.4 Å². The lowest BCUT2D eigenvalue weighted by atomic mass is 10.1. The molecule has 1 heterocycles. The molecular weight excluding hydrogens is 312 g/mol. The van der Waals surface area contributed by atoms with E-state index in [1.807, 2.05) is 0 Å². The molecule has 0 unspecified atom stereocenters. The van der Waals surface area contributed by atoms with E-state index in [2.05, 4.69) is 27.1 Å². The van der Waals surface area contributed by atoms with Gasteiger partial charge in [0.2, 0.25) is 10.0 Å². The van der Waals surface area contributed by atoms with Gasteiger partial charge in [-0.05, 0) is 18.6 Å². The lowest BCUT2D eigenvalue weighted by Crippen LogP contribution is -2.25. The minimum atomic E-state index is -3.53. The van der Waals surface area contributed by atoms with E-state index in [1.165, 1.54) is 38.5 Å². The predicted octanol–water partition coefficient (Wildman–Crippen LogP) is 3.38. The number of aromatic amines is 1. The first kappa shape index (κ1) is 17.9. The lowest BCUT2D eigenvalue weighted by Gasteiger charge is -2.07.